The van der Waals surface area contributed by atoms with Gasteiger partial charge in [-0.2, -0.15) is 0 Å². The van der Waals surface area contributed by atoms with Crippen molar-refractivity contribution >= 4 is 32.9 Å². The van der Waals surface area contributed by atoms with Gasteiger partial charge in [0.25, 0.3) is 0 Å². The molecule has 0 saturated carbocycles. The molecule has 0 radical (unpaired) electrons. The Labute approximate surface area is 186 Å². The third-order valence-corrected chi connectivity index (χ3v) is 6.59. The molecule has 3 aromatic rings. The lowest BCUT2D eigenvalue weighted by molar-refractivity contribution is -0.137. The van der Waals surface area contributed by atoms with Gasteiger partial charge in [0.05, 0.1) is 23.5 Å². The minimum absolute atomic E-state index is 0.0664. The molecule has 0 bridgehead atoms. The maximum atomic E-state index is 12.9. The summed E-state index contributed by atoms with van der Waals surface area (Å²) in [5.41, 5.74) is 3.21. The number of carbonyl (C=O) groups is 1. The van der Waals surface area contributed by atoms with Crippen LogP contribution in [0.1, 0.15) is 32.5 Å². The fourth-order valence-electron chi connectivity index (χ4n) is 4.20. The lowest BCUT2D eigenvalue weighted by atomic mass is 9.96. The summed E-state index contributed by atoms with van der Waals surface area (Å²) in [6.45, 7) is 6.66. The highest BCUT2D eigenvalue weighted by Gasteiger charge is 2.29. The smallest absolute Gasteiger partial charge is 0.226 e. The summed E-state index contributed by atoms with van der Waals surface area (Å²) in [6, 6.07) is 16.8. The summed E-state index contributed by atoms with van der Waals surface area (Å²) in [6.07, 6.45) is 2.01. The molecule has 158 valence electrons. The standard InChI is InChI=1S/C24H29BrN4O/c1-17(2)27(3)24(30)18-7-6-14-28(15-18)16-23-26-21-8-4-5-9-22(21)29(23)20-12-10-19(25)11-13-20/h4-5,8-13,17-18H,6-7,14-16H2,1-3H3/t18-/m0/s1. The maximum absolute atomic E-state index is 12.9. The van der Waals surface area contributed by atoms with E-state index in [0.29, 0.717) is 0 Å². The van der Waals surface area contributed by atoms with Crippen molar-refractivity contribution < 1.29 is 4.79 Å². The summed E-state index contributed by atoms with van der Waals surface area (Å²) < 4.78 is 3.30. The summed E-state index contributed by atoms with van der Waals surface area (Å²) in [7, 11) is 1.92. The molecule has 0 spiro atoms. The molecule has 4 rings (SSSR count). The number of benzene rings is 2. The van der Waals surface area contributed by atoms with Gasteiger partial charge in [0.1, 0.15) is 5.82 Å². The average Bonchev–Trinajstić information content (AvgIpc) is 3.11. The van der Waals surface area contributed by atoms with Gasteiger partial charge in [0.15, 0.2) is 0 Å². The molecular weight excluding hydrogens is 440 g/mol. The Bertz CT molecular complexity index is 1030. The van der Waals surface area contributed by atoms with Gasteiger partial charge in [-0.15, -0.1) is 0 Å². The molecule has 0 N–H and O–H groups in total. The number of rotatable bonds is 5. The Balaban J connectivity index is 1.61. The molecule has 0 unspecified atom stereocenters. The lowest BCUT2D eigenvalue weighted by Gasteiger charge is -2.34. The number of likely N-dealkylation sites (tertiary alicyclic amines) is 1. The number of hydrogen-bond donors (Lipinski definition) is 0. The zero-order valence-electron chi connectivity index (χ0n) is 17.9. The molecule has 1 aliphatic heterocycles. The number of amides is 1. The number of hydrogen-bond acceptors (Lipinski definition) is 3. The van der Waals surface area contributed by atoms with Gasteiger partial charge >= 0.3 is 0 Å². The Morgan fingerprint density at radius 3 is 2.67 bits per heavy atom. The minimum atomic E-state index is 0.0664. The monoisotopic (exact) mass is 468 g/mol. The zero-order chi connectivity index (χ0) is 21.3. The van der Waals surface area contributed by atoms with E-state index in [4.69, 9.17) is 4.98 Å². The van der Waals surface area contributed by atoms with E-state index in [2.05, 4.69) is 81.7 Å². The van der Waals surface area contributed by atoms with Crippen LogP contribution >= 0.6 is 15.9 Å². The van der Waals surface area contributed by atoms with E-state index in [0.717, 1.165) is 59.5 Å². The molecule has 0 aliphatic carbocycles. The Morgan fingerprint density at radius 2 is 1.93 bits per heavy atom. The van der Waals surface area contributed by atoms with Gasteiger partial charge in [-0.05, 0) is 69.6 Å². The molecule has 1 atom stereocenters. The van der Waals surface area contributed by atoms with E-state index >= 15 is 0 Å². The Morgan fingerprint density at radius 1 is 1.20 bits per heavy atom. The van der Waals surface area contributed by atoms with Crippen molar-refractivity contribution in [2.75, 3.05) is 20.1 Å². The number of halogens is 1. The highest BCUT2D eigenvalue weighted by molar-refractivity contribution is 9.10. The van der Waals surface area contributed by atoms with Crippen molar-refractivity contribution in [3.63, 3.8) is 0 Å². The Kier molecular flexibility index (Phi) is 6.25. The summed E-state index contributed by atoms with van der Waals surface area (Å²) in [5.74, 6) is 1.34. The second-order valence-corrected chi connectivity index (χ2v) is 9.36. The van der Waals surface area contributed by atoms with Crippen molar-refractivity contribution in [3.8, 4) is 5.69 Å². The summed E-state index contributed by atoms with van der Waals surface area (Å²) >= 11 is 3.53. The SMILES string of the molecule is CC(C)N(C)C(=O)[C@H]1CCCN(Cc2nc3ccccc3n2-c2ccc(Br)cc2)C1. The van der Waals surface area contributed by atoms with Gasteiger partial charge < -0.3 is 4.90 Å². The van der Waals surface area contributed by atoms with Crippen molar-refractivity contribution in [2.24, 2.45) is 5.92 Å². The van der Waals surface area contributed by atoms with Crippen molar-refractivity contribution in [1.29, 1.82) is 0 Å². The van der Waals surface area contributed by atoms with E-state index in [9.17, 15) is 4.79 Å². The second-order valence-electron chi connectivity index (χ2n) is 8.45. The van der Waals surface area contributed by atoms with Gasteiger partial charge in [0, 0.05) is 29.8 Å². The number of piperidine rings is 1. The predicted molar refractivity (Wildman–Crippen MR) is 125 cm³/mol. The number of aromatic nitrogens is 2. The fraction of sp³-hybridized carbons (Fsp3) is 0.417. The number of para-hydroxylation sites is 2. The Hall–Kier alpha value is -2.18. The molecule has 6 heteroatoms. The molecule has 1 amide bonds. The largest absolute Gasteiger partial charge is 0.343 e. The van der Waals surface area contributed by atoms with Gasteiger partial charge in [-0.3, -0.25) is 14.3 Å². The van der Waals surface area contributed by atoms with Crippen LogP contribution in [0.25, 0.3) is 16.7 Å². The first-order valence-corrected chi connectivity index (χ1v) is 11.4. The third kappa shape index (κ3) is 4.30. The molecule has 30 heavy (non-hydrogen) atoms. The summed E-state index contributed by atoms with van der Waals surface area (Å²) in [4.78, 5) is 22.1. The van der Waals surface area contributed by atoms with Crippen LogP contribution in [-0.4, -0.2) is 51.4 Å². The van der Waals surface area contributed by atoms with Crippen LogP contribution in [0, 0.1) is 5.92 Å². The van der Waals surface area contributed by atoms with Crippen LogP contribution in [0.15, 0.2) is 53.0 Å². The van der Waals surface area contributed by atoms with Crippen LogP contribution in [0.3, 0.4) is 0 Å². The lowest BCUT2D eigenvalue weighted by Crippen LogP contribution is -2.45. The quantitative estimate of drug-likeness (QED) is 0.536. The first kappa shape index (κ1) is 21.1. The van der Waals surface area contributed by atoms with Gasteiger partial charge in [-0.25, -0.2) is 4.98 Å². The van der Waals surface area contributed by atoms with E-state index < -0.39 is 0 Å². The molecule has 1 aromatic heterocycles. The molecule has 1 saturated heterocycles. The highest BCUT2D eigenvalue weighted by atomic mass is 79.9. The van der Waals surface area contributed by atoms with Gasteiger partial charge in [-0.1, -0.05) is 28.1 Å². The van der Waals surface area contributed by atoms with Crippen LogP contribution in [-0.2, 0) is 11.3 Å². The molecular formula is C24H29BrN4O. The third-order valence-electron chi connectivity index (χ3n) is 6.06. The normalized spacial score (nSPS) is 17.6. The fourth-order valence-corrected chi connectivity index (χ4v) is 4.47. The second kappa shape index (κ2) is 8.90. The van der Waals surface area contributed by atoms with Crippen LogP contribution in [0.2, 0.25) is 0 Å². The molecule has 2 aromatic carbocycles. The van der Waals surface area contributed by atoms with E-state index in [1.807, 2.05) is 18.0 Å². The van der Waals surface area contributed by atoms with E-state index in [1.54, 1.807) is 0 Å². The molecule has 1 aliphatic rings. The molecule has 1 fully saturated rings. The van der Waals surface area contributed by atoms with Crippen LogP contribution < -0.4 is 0 Å². The number of carbonyl (C=O) groups excluding carboxylic acids is 1. The van der Waals surface area contributed by atoms with Crippen molar-refractivity contribution in [1.82, 2.24) is 19.4 Å². The van der Waals surface area contributed by atoms with Crippen LogP contribution in [0.5, 0.6) is 0 Å². The topological polar surface area (TPSA) is 41.4 Å². The van der Waals surface area contributed by atoms with Crippen molar-refractivity contribution in [2.45, 2.75) is 39.3 Å². The zero-order valence-corrected chi connectivity index (χ0v) is 19.5. The number of fused-ring (bicyclic) bond motifs is 1. The van der Waals surface area contributed by atoms with E-state index in [-0.39, 0.29) is 17.9 Å². The molecule has 5 nitrogen and oxygen atoms in total. The molecule has 2 heterocycles. The number of imidazole rings is 1. The summed E-state index contributed by atoms with van der Waals surface area (Å²) in [5, 5.41) is 0. The van der Waals surface area contributed by atoms with Crippen molar-refractivity contribution in [3.05, 3.63) is 58.8 Å². The highest BCUT2D eigenvalue weighted by Crippen LogP contribution is 2.26. The first-order chi connectivity index (χ1) is 14.4. The minimum Gasteiger partial charge on any atom is -0.343 e. The van der Waals surface area contributed by atoms with Crippen LogP contribution in [0.4, 0.5) is 0 Å². The maximum Gasteiger partial charge on any atom is 0.226 e. The van der Waals surface area contributed by atoms with Gasteiger partial charge in [0.2, 0.25) is 5.91 Å². The predicted octanol–water partition coefficient (Wildman–Crippen LogP) is 4.87. The first-order valence-electron chi connectivity index (χ1n) is 10.7. The van der Waals surface area contributed by atoms with E-state index in [1.165, 1.54) is 0 Å². The number of nitrogens with zero attached hydrogens (tertiary/aromatic N) is 4. The average molecular weight is 469 g/mol.